The smallest absolute Gasteiger partial charge is 0.268 e. The fourth-order valence-electron chi connectivity index (χ4n) is 11.4. The molecule has 0 radical (unpaired) electrons. The molecule has 0 atom stereocenters. The first-order valence-corrected chi connectivity index (χ1v) is 29.6. The van der Waals surface area contributed by atoms with Crippen LogP contribution in [0.25, 0.3) is 94.5 Å². The molecule has 9 aromatic carbocycles. The number of hydrogen-bond donors (Lipinski definition) is 0. The number of para-hydroxylation sites is 1. The van der Waals surface area contributed by atoms with Crippen molar-refractivity contribution in [1.82, 2.24) is 14.1 Å². The van der Waals surface area contributed by atoms with E-state index in [9.17, 15) is 2.74 Å². The largest absolute Gasteiger partial charge is 0.510 e. The first kappa shape index (κ1) is 53.4. The van der Waals surface area contributed by atoms with Gasteiger partial charge < -0.3 is 13.9 Å². The number of benzene rings is 9. The van der Waals surface area contributed by atoms with E-state index in [-0.39, 0.29) is 65.8 Å². The van der Waals surface area contributed by atoms with Crippen molar-refractivity contribution >= 4 is 32.8 Å². The molecule has 0 N–H and O–H groups in total. The zero-order chi connectivity index (χ0) is 64.3. The van der Waals surface area contributed by atoms with E-state index in [1.165, 1.54) is 16.7 Å². The Hall–Kier alpha value is -8.11. The number of pyridine rings is 1. The van der Waals surface area contributed by atoms with Crippen molar-refractivity contribution in [2.45, 2.75) is 131 Å². The molecule has 6 heteroatoms. The van der Waals surface area contributed by atoms with Gasteiger partial charge in [0.15, 0.2) is 0 Å². The summed E-state index contributed by atoms with van der Waals surface area (Å²) in [6.07, 6.45) is 5.81. The van der Waals surface area contributed by atoms with Gasteiger partial charge in [0.05, 0.1) is 23.6 Å². The van der Waals surface area contributed by atoms with Crippen LogP contribution < -0.4 is 9.30 Å². The Bertz CT molecular complexity index is 4710. The molecule has 436 valence electrons. The van der Waals surface area contributed by atoms with Crippen LogP contribution in [0, 0.1) is 18.5 Å². The predicted molar refractivity (Wildman–Crippen MR) is 355 cm³/mol. The molecule has 0 aliphatic carbocycles. The first-order valence-electron chi connectivity index (χ1n) is 32.1. The normalized spacial score (nSPS) is 13.3. The minimum absolute atomic E-state index is 0. The molecule has 0 amide bonds. The number of hydrogen-bond acceptors (Lipinski definition) is 2. The minimum atomic E-state index is -0.441. The fourth-order valence-corrected chi connectivity index (χ4v) is 11.4. The van der Waals surface area contributed by atoms with Crippen molar-refractivity contribution in [2.75, 3.05) is 0 Å². The van der Waals surface area contributed by atoms with Gasteiger partial charge in [-0.05, 0) is 147 Å². The van der Waals surface area contributed by atoms with Gasteiger partial charge in [-0.1, -0.05) is 237 Å². The summed E-state index contributed by atoms with van der Waals surface area (Å²) in [5, 5.41) is 2.12. The molecule has 0 saturated heterocycles. The predicted octanol–water partition coefficient (Wildman–Crippen LogP) is 20.7. The number of nitrogens with zero attached hydrogens (tertiary/aromatic N) is 4. The van der Waals surface area contributed by atoms with Crippen LogP contribution in [0.1, 0.15) is 139 Å². The van der Waals surface area contributed by atoms with Crippen molar-refractivity contribution in [3.8, 4) is 73.2 Å². The summed E-state index contributed by atoms with van der Waals surface area (Å²) in [7, 11) is 0. The molecule has 12 rings (SSSR count). The minimum Gasteiger partial charge on any atom is -0.510 e. The van der Waals surface area contributed by atoms with Crippen LogP contribution in [0.3, 0.4) is 0 Å². The third-order valence-corrected chi connectivity index (χ3v) is 16.5. The zero-order valence-electron chi connectivity index (χ0n) is 57.2. The topological polar surface area (TPSA) is 35.9 Å². The molecule has 12 aromatic rings. The molecule has 86 heavy (non-hydrogen) atoms. The summed E-state index contributed by atoms with van der Waals surface area (Å²) in [6, 6.07) is 62.9. The summed E-state index contributed by atoms with van der Waals surface area (Å²) in [5.41, 5.74) is 16.2. The Morgan fingerprint density at radius 1 is 0.442 bits per heavy atom. The van der Waals surface area contributed by atoms with Crippen LogP contribution >= 0.6 is 0 Å². The van der Waals surface area contributed by atoms with E-state index in [0.29, 0.717) is 22.7 Å². The quantitative estimate of drug-likeness (QED) is 0.107. The average molecular weight is 1310 g/mol. The summed E-state index contributed by atoms with van der Waals surface area (Å²) >= 11 is 0. The van der Waals surface area contributed by atoms with Crippen LogP contribution in [0.4, 0.5) is 0 Å². The maximum atomic E-state index is 9.38. The van der Waals surface area contributed by atoms with Gasteiger partial charge in [0.1, 0.15) is 5.82 Å². The van der Waals surface area contributed by atoms with Crippen molar-refractivity contribution in [3.05, 3.63) is 246 Å². The van der Waals surface area contributed by atoms with Crippen molar-refractivity contribution in [3.63, 3.8) is 0 Å². The number of rotatable bonds is 9. The maximum absolute atomic E-state index is 9.38. The van der Waals surface area contributed by atoms with E-state index in [2.05, 4.69) is 263 Å². The molecule has 5 nitrogen and oxygen atoms in total. The Balaban J connectivity index is 0.00000850. The van der Waals surface area contributed by atoms with Crippen LogP contribution in [0.15, 0.2) is 200 Å². The van der Waals surface area contributed by atoms with Crippen molar-refractivity contribution in [1.29, 1.82) is 0 Å². The zero-order valence-corrected chi connectivity index (χ0v) is 54.5. The Morgan fingerprint density at radius 3 is 1.62 bits per heavy atom. The molecular formula is C80H78N4OPt-2. The summed E-state index contributed by atoms with van der Waals surface area (Å²) in [5.74, 6) is 1.80. The molecule has 0 unspecified atom stereocenters. The molecule has 0 bridgehead atoms. The van der Waals surface area contributed by atoms with Crippen molar-refractivity contribution < 1.29 is 37.2 Å². The third-order valence-electron chi connectivity index (χ3n) is 16.5. The van der Waals surface area contributed by atoms with E-state index in [4.69, 9.17) is 13.8 Å². The molecule has 0 aliphatic rings. The number of fused-ring (bicyclic) bond motifs is 4. The molecule has 3 heterocycles. The van der Waals surface area contributed by atoms with Crippen LogP contribution in [-0.4, -0.2) is 14.1 Å². The second kappa shape index (κ2) is 22.3. The number of ether oxygens (including phenoxy) is 1. The summed E-state index contributed by atoms with van der Waals surface area (Å²) < 4.78 is 58.4. The summed E-state index contributed by atoms with van der Waals surface area (Å²) in [6.45, 7) is 33.4. The van der Waals surface area contributed by atoms with Gasteiger partial charge >= 0.3 is 0 Å². The van der Waals surface area contributed by atoms with Crippen LogP contribution in [0.5, 0.6) is 11.5 Å². The van der Waals surface area contributed by atoms with E-state index < -0.39 is 18.1 Å². The molecule has 0 spiro atoms. The summed E-state index contributed by atoms with van der Waals surface area (Å²) in [4.78, 5) is 4.92. The molecular weight excluding hydrogens is 1230 g/mol. The first-order chi connectivity index (χ1) is 42.3. The number of imidazole rings is 1. The maximum Gasteiger partial charge on any atom is 0.268 e. The van der Waals surface area contributed by atoms with E-state index in [0.717, 1.165) is 88.9 Å². The fraction of sp³-hybridized carbons (Fsp3) is 0.250. The van der Waals surface area contributed by atoms with Crippen LogP contribution in [0.2, 0.25) is 0 Å². The Labute approximate surface area is 531 Å². The van der Waals surface area contributed by atoms with Gasteiger partial charge in [-0.2, -0.15) is 18.2 Å². The van der Waals surface area contributed by atoms with E-state index in [1.54, 1.807) is 0 Å². The Morgan fingerprint density at radius 2 is 1.00 bits per heavy atom. The molecule has 0 saturated carbocycles. The standard InChI is InChI=1S/C80H78N4O.Pt/c1-76(2,3)58-28-21-26-54(40-58)68-44-57(52-24-17-16-18-25-52)45-69(55-27-22-29-59(41-55)77(4,5)6)75(68)83-51-82(73-46-53(34-37-71(73)83)56-42-61(79(10,11)12)47-62(43-56)80(13,14)15)63-30-23-31-64(49-63)85-65-35-36-67-66-32-19-20-33-70(66)84(72(67)50-65)74-48-60(38-39-81-74)78(7,8)9;/h16-48H,1-15H3;/q-2;/i16D,17D,18D,24D,25D;. The second-order valence-corrected chi connectivity index (χ2v) is 27.9. The Kier molecular flexibility index (Phi) is 13.8. The van der Waals surface area contributed by atoms with Gasteiger partial charge in [0.25, 0.3) is 6.33 Å². The van der Waals surface area contributed by atoms with Gasteiger partial charge in [-0.3, -0.25) is 4.57 Å². The van der Waals surface area contributed by atoms with Gasteiger partial charge in [0, 0.05) is 44.3 Å². The van der Waals surface area contributed by atoms with Crippen LogP contribution in [-0.2, 0) is 48.1 Å². The second-order valence-electron chi connectivity index (χ2n) is 27.9. The third kappa shape index (κ3) is 11.7. The van der Waals surface area contributed by atoms with Crippen molar-refractivity contribution in [2.24, 2.45) is 0 Å². The SMILES string of the molecule is [2H]c1c([2H])c([2H])c(-c2cc(-c3cccc(C(C)(C)C)c3)c(-[n+]3[c-]n(-c4[c-]c(Oc5[c-]c6c(cc5)c5ccccc5n6-c5cc(C(C)(C)C)ccn5)ccc4)c4cc(-c5cc(C(C)(C)C)cc(C(C)(C)C)c5)ccc43)c(-c3cccc(C(C)(C)C)c3)c2)c([2H])c1[2H].[Pt]. The van der Waals surface area contributed by atoms with Gasteiger partial charge in [-0.15, -0.1) is 29.7 Å². The van der Waals surface area contributed by atoms with Gasteiger partial charge in [0.2, 0.25) is 0 Å². The molecule has 0 aliphatic heterocycles. The van der Waals surface area contributed by atoms with E-state index in [1.807, 2.05) is 42.6 Å². The molecule has 0 fully saturated rings. The molecule has 3 aromatic heterocycles. The monoisotopic (exact) mass is 1310 g/mol. The number of aromatic nitrogens is 4. The van der Waals surface area contributed by atoms with Gasteiger partial charge in [-0.25, -0.2) is 4.98 Å². The van der Waals surface area contributed by atoms with E-state index >= 15 is 0 Å². The average Bonchev–Trinajstić information content (AvgIpc) is 1.73.